The zero-order valence-electron chi connectivity index (χ0n) is 33.6. The number of ether oxygens (including phenoxy) is 1. The van der Waals surface area contributed by atoms with E-state index in [0.29, 0.717) is 6.42 Å². The lowest BCUT2D eigenvalue weighted by molar-refractivity contribution is -0.150. The summed E-state index contributed by atoms with van der Waals surface area (Å²) in [6, 6.07) is 0. The van der Waals surface area contributed by atoms with E-state index in [2.05, 4.69) is 35.8 Å². The van der Waals surface area contributed by atoms with Crippen molar-refractivity contribution < 1.29 is 14.6 Å². The summed E-state index contributed by atoms with van der Waals surface area (Å²) in [6.45, 7) is 10.2. The van der Waals surface area contributed by atoms with E-state index >= 15 is 0 Å². The minimum atomic E-state index is -0.267. The topological polar surface area (TPSA) is 80.5 Å². The monoisotopic (exact) mass is 705 g/mol. The Labute approximate surface area is 310 Å². The molecule has 7 heteroatoms. The highest BCUT2D eigenvalue weighted by Crippen LogP contribution is 2.19. The molecule has 0 saturated carbocycles. The van der Waals surface area contributed by atoms with Crippen LogP contribution in [0.5, 0.6) is 0 Å². The molecule has 0 aliphatic heterocycles. The lowest BCUT2D eigenvalue weighted by Gasteiger charge is -2.25. The van der Waals surface area contributed by atoms with Crippen molar-refractivity contribution in [3.63, 3.8) is 0 Å². The summed E-state index contributed by atoms with van der Waals surface area (Å²) in [5.74, 6) is 0.0163. The second-order valence-corrected chi connectivity index (χ2v) is 15.3. The van der Waals surface area contributed by atoms with Gasteiger partial charge in [-0.1, -0.05) is 168 Å². The van der Waals surface area contributed by atoms with E-state index in [-0.39, 0.29) is 18.2 Å². The van der Waals surface area contributed by atoms with Crippen LogP contribution in [0.2, 0.25) is 0 Å². The number of hydrogen-bond donors (Lipinski definition) is 1. The molecule has 1 unspecified atom stereocenters. The highest BCUT2D eigenvalue weighted by Gasteiger charge is 2.15. The average Bonchev–Trinajstić information content (AvgIpc) is 3.64. The van der Waals surface area contributed by atoms with Gasteiger partial charge in [0.15, 0.2) is 0 Å². The van der Waals surface area contributed by atoms with E-state index in [9.17, 15) is 9.90 Å². The fourth-order valence-electron chi connectivity index (χ4n) is 7.09. The van der Waals surface area contributed by atoms with Gasteiger partial charge in [0.05, 0.1) is 12.6 Å². The van der Waals surface area contributed by atoms with Crippen LogP contribution in [0.4, 0.5) is 0 Å². The Kier molecular flexibility index (Phi) is 33.4. The lowest BCUT2D eigenvalue weighted by Crippen LogP contribution is -2.35. The van der Waals surface area contributed by atoms with E-state index in [4.69, 9.17) is 4.74 Å². The van der Waals surface area contributed by atoms with Crippen LogP contribution in [-0.4, -0.2) is 62.6 Å². The molecule has 0 saturated heterocycles. The van der Waals surface area contributed by atoms with Crippen molar-refractivity contribution in [1.29, 1.82) is 0 Å². The number of carbonyl (C=O) groups excluding carboxylic acids is 1. The van der Waals surface area contributed by atoms with Gasteiger partial charge in [-0.3, -0.25) is 14.4 Å². The molecule has 0 fully saturated rings. The van der Waals surface area contributed by atoms with Crippen molar-refractivity contribution in [3.8, 4) is 0 Å². The first-order chi connectivity index (χ1) is 24.6. The number of aromatic nitrogens is 3. The molecular formula is C43H84N4O3. The van der Waals surface area contributed by atoms with Gasteiger partial charge in [-0.05, 0) is 51.5 Å². The van der Waals surface area contributed by atoms with Gasteiger partial charge < -0.3 is 9.84 Å². The van der Waals surface area contributed by atoms with Crippen molar-refractivity contribution in [2.75, 3.05) is 19.6 Å². The van der Waals surface area contributed by atoms with Crippen LogP contribution in [0.1, 0.15) is 220 Å². The Hall–Kier alpha value is -1.47. The first kappa shape index (κ1) is 46.6. The van der Waals surface area contributed by atoms with Crippen LogP contribution in [-0.2, 0) is 16.1 Å². The van der Waals surface area contributed by atoms with Gasteiger partial charge in [-0.25, -0.2) is 4.98 Å². The quantitative estimate of drug-likeness (QED) is 0.0543. The summed E-state index contributed by atoms with van der Waals surface area (Å²) in [5.41, 5.74) is 0. The third-order valence-electron chi connectivity index (χ3n) is 10.4. The number of carbonyl (C=O) groups is 1. The molecule has 294 valence electrons. The molecule has 0 aliphatic rings. The standard InChI is InChI=1S/C43H84N4O3/c1-4-7-10-13-16-17-18-19-21-26-31-41(48)38-46(36-37-47-40-44-39-45-47)35-30-25-20-24-29-34-43(49)50-42(32-27-22-14-11-8-5-2)33-28-23-15-12-9-6-3/h39-42,48H,4-38H2,1-3H3. The largest absolute Gasteiger partial charge is 0.462 e. The second kappa shape index (κ2) is 35.9. The fourth-order valence-corrected chi connectivity index (χ4v) is 7.09. The lowest BCUT2D eigenvalue weighted by atomic mass is 10.0. The SMILES string of the molecule is CCCCCCCCCCCCC(O)CN(CCCCCCCC(=O)OC(CCCCCCCC)CCCCCCCC)CCn1cncn1. The summed E-state index contributed by atoms with van der Waals surface area (Å²) in [7, 11) is 0. The highest BCUT2D eigenvalue weighted by molar-refractivity contribution is 5.69. The molecule has 1 N–H and O–H groups in total. The van der Waals surface area contributed by atoms with E-state index in [0.717, 1.165) is 84.0 Å². The van der Waals surface area contributed by atoms with Gasteiger partial charge in [-0.2, -0.15) is 5.10 Å². The maximum absolute atomic E-state index is 12.8. The number of hydrogen-bond acceptors (Lipinski definition) is 6. The van der Waals surface area contributed by atoms with Gasteiger partial charge in [0.25, 0.3) is 0 Å². The van der Waals surface area contributed by atoms with Crippen LogP contribution in [0.3, 0.4) is 0 Å². The van der Waals surface area contributed by atoms with Crippen LogP contribution < -0.4 is 0 Å². The number of aliphatic hydroxyl groups is 1. The molecule has 1 aromatic heterocycles. The molecular weight excluding hydrogens is 620 g/mol. The molecule has 0 spiro atoms. The number of unbranched alkanes of at least 4 members (excludes halogenated alkanes) is 23. The third-order valence-corrected chi connectivity index (χ3v) is 10.4. The van der Waals surface area contributed by atoms with Crippen molar-refractivity contribution in [3.05, 3.63) is 12.7 Å². The molecule has 1 rings (SSSR count). The molecule has 0 bridgehead atoms. The molecule has 1 aromatic rings. The Balaban J connectivity index is 2.28. The molecule has 1 heterocycles. The molecule has 0 aliphatic carbocycles. The first-order valence-electron chi connectivity index (χ1n) is 22.0. The van der Waals surface area contributed by atoms with Crippen molar-refractivity contribution in [2.45, 2.75) is 239 Å². The van der Waals surface area contributed by atoms with Gasteiger partial charge in [0, 0.05) is 19.5 Å². The van der Waals surface area contributed by atoms with Gasteiger partial charge in [0.2, 0.25) is 0 Å². The maximum atomic E-state index is 12.8. The maximum Gasteiger partial charge on any atom is 0.306 e. The predicted octanol–water partition coefficient (Wildman–Crippen LogP) is 12.0. The minimum absolute atomic E-state index is 0.0163. The van der Waals surface area contributed by atoms with E-state index < -0.39 is 0 Å². The van der Waals surface area contributed by atoms with Crippen molar-refractivity contribution in [2.24, 2.45) is 0 Å². The normalized spacial score (nSPS) is 12.4. The zero-order valence-corrected chi connectivity index (χ0v) is 33.6. The average molecular weight is 705 g/mol. The van der Waals surface area contributed by atoms with E-state index in [1.165, 1.54) is 135 Å². The fraction of sp³-hybridized carbons (Fsp3) is 0.930. The Morgan fingerprint density at radius 1 is 0.620 bits per heavy atom. The van der Waals surface area contributed by atoms with Gasteiger partial charge >= 0.3 is 5.97 Å². The number of nitrogens with zero attached hydrogens (tertiary/aromatic N) is 4. The highest BCUT2D eigenvalue weighted by atomic mass is 16.5. The predicted molar refractivity (Wildman–Crippen MR) is 212 cm³/mol. The number of aliphatic hydroxyl groups excluding tert-OH is 1. The summed E-state index contributed by atoms with van der Waals surface area (Å²) < 4.78 is 7.93. The number of rotatable bonds is 39. The van der Waals surface area contributed by atoms with Crippen LogP contribution in [0.15, 0.2) is 12.7 Å². The smallest absolute Gasteiger partial charge is 0.306 e. The van der Waals surface area contributed by atoms with Gasteiger partial charge in [0.1, 0.15) is 18.8 Å². The summed E-state index contributed by atoms with van der Waals surface area (Å²) in [4.78, 5) is 19.3. The second-order valence-electron chi connectivity index (χ2n) is 15.3. The van der Waals surface area contributed by atoms with E-state index in [1.54, 1.807) is 12.7 Å². The summed E-state index contributed by atoms with van der Waals surface area (Å²) in [6.07, 6.45) is 40.8. The first-order valence-corrected chi connectivity index (χ1v) is 22.0. The molecule has 0 amide bonds. The molecule has 1 atom stereocenters. The van der Waals surface area contributed by atoms with Crippen LogP contribution in [0, 0.1) is 0 Å². The third kappa shape index (κ3) is 30.2. The summed E-state index contributed by atoms with van der Waals surface area (Å²) in [5, 5.41) is 15.1. The Morgan fingerprint density at radius 2 is 1.08 bits per heavy atom. The summed E-state index contributed by atoms with van der Waals surface area (Å²) >= 11 is 0. The van der Waals surface area contributed by atoms with Crippen molar-refractivity contribution in [1.82, 2.24) is 19.7 Å². The number of esters is 1. The zero-order chi connectivity index (χ0) is 36.2. The molecule has 7 nitrogen and oxygen atoms in total. The minimum Gasteiger partial charge on any atom is -0.462 e. The van der Waals surface area contributed by atoms with Crippen LogP contribution >= 0.6 is 0 Å². The van der Waals surface area contributed by atoms with Crippen LogP contribution in [0.25, 0.3) is 0 Å². The van der Waals surface area contributed by atoms with E-state index in [1.807, 2.05) is 4.68 Å². The Morgan fingerprint density at radius 3 is 1.58 bits per heavy atom. The molecule has 0 aromatic carbocycles. The van der Waals surface area contributed by atoms with Crippen molar-refractivity contribution >= 4 is 5.97 Å². The van der Waals surface area contributed by atoms with Gasteiger partial charge in [-0.15, -0.1) is 0 Å². The molecule has 0 radical (unpaired) electrons. The Bertz CT molecular complexity index is 805. The molecule has 50 heavy (non-hydrogen) atoms.